The maximum absolute atomic E-state index is 10.4. The Morgan fingerprint density at radius 3 is 2.60 bits per heavy atom. The predicted octanol–water partition coefficient (Wildman–Crippen LogP) is 2.90. The maximum Gasteiger partial charge on any atom is 0.0927 e. The van der Waals surface area contributed by atoms with Gasteiger partial charge in [0.25, 0.3) is 0 Å². The molecule has 0 radical (unpaired) electrons. The van der Waals surface area contributed by atoms with Crippen LogP contribution in [0, 0.1) is 0 Å². The number of halogens is 1. The summed E-state index contributed by atoms with van der Waals surface area (Å²) in [6.07, 6.45) is 1.97. The first-order valence-electron chi connectivity index (χ1n) is 7.47. The Hall–Kier alpha value is -0.420. The third-order valence-electron chi connectivity index (χ3n) is 4.35. The number of benzene rings is 1. The van der Waals surface area contributed by atoms with E-state index < -0.39 is 6.10 Å². The van der Waals surface area contributed by atoms with Crippen LogP contribution in [0.5, 0.6) is 0 Å². The molecule has 1 N–H and O–H groups in total. The first kappa shape index (κ1) is 16.0. The van der Waals surface area contributed by atoms with E-state index in [1.807, 2.05) is 24.3 Å². The van der Waals surface area contributed by atoms with E-state index in [1.165, 1.54) is 25.9 Å². The molecule has 1 atom stereocenters. The van der Waals surface area contributed by atoms with Gasteiger partial charge in [-0.1, -0.05) is 41.1 Å². The second kappa shape index (κ2) is 7.55. The Morgan fingerprint density at radius 2 is 2.00 bits per heavy atom. The molecule has 0 unspecified atom stereocenters. The zero-order valence-electron chi connectivity index (χ0n) is 12.4. The van der Waals surface area contributed by atoms with E-state index >= 15 is 0 Å². The van der Waals surface area contributed by atoms with Gasteiger partial charge in [0.1, 0.15) is 0 Å². The lowest BCUT2D eigenvalue weighted by Gasteiger charge is -2.37. The minimum absolute atomic E-state index is 0.431. The van der Waals surface area contributed by atoms with Crippen LogP contribution in [-0.4, -0.2) is 54.2 Å². The van der Waals surface area contributed by atoms with Crippen LogP contribution in [0.2, 0.25) is 0 Å². The summed E-state index contributed by atoms with van der Waals surface area (Å²) in [5.74, 6) is 0. The van der Waals surface area contributed by atoms with Crippen molar-refractivity contribution in [2.24, 2.45) is 0 Å². The molecule has 0 spiro atoms. The number of aliphatic hydroxyl groups excluding tert-OH is 1. The topological polar surface area (TPSA) is 26.7 Å². The van der Waals surface area contributed by atoms with Crippen molar-refractivity contribution in [2.45, 2.75) is 31.9 Å². The third-order valence-corrected chi connectivity index (χ3v) is 5.07. The highest BCUT2D eigenvalue weighted by molar-refractivity contribution is 9.10. The normalized spacial score (nSPS) is 19.4. The van der Waals surface area contributed by atoms with E-state index in [2.05, 4.69) is 39.7 Å². The van der Waals surface area contributed by atoms with Crippen molar-refractivity contribution in [2.75, 3.05) is 33.2 Å². The molecule has 1 fully saturated rings. The van der Waals surface area contributed by atoms with Crippen LogP contribution in [0.25, 0.3) is 0 Å². The number of likely N-dealkylation sites (tertiary alicyclic amines) is 1. The fourth-order valence-electron chi connectivity index (χ4n) is 2.94. The Bertz CT molecular complexity index is 419. The molecule has 3 nitrogen and oxygen atoms in total. The minimum Gasteiger partial charge on any atom is -0.387 e. The summed E-state index contributed by atoms with van der Waals surface area (Å²) in [5, 5.41) is 10.4. The van der Waals surface area contributed by atoms with Gasteiger partial charge in [0.05, 0.1) is 6.10 Å². The Morgan fingerprint density at radius 1 is 1.35 bits per heavy atom. The molecule has 1 saturated heterocycles. The van der Waals surface area contributed by atoms with Gasteiger partial charge in [-0.3, -0.25) is 0 Å². The summed E-state index contributed by atoms with van der Waals surface area (Å²) < 4.78 is 0.988. The summed E-state index contributed by atoms with van der Waals surface area (Å²) in [5.41, 5.74) is 0.977. The van der Waals surface area contributed by atoms with Gasteiger partial charge < -0.3 is 14.9 Å². The molecule has 0 aromatic heterocycles. The molecule has 1 aromatic rings. The number of likely N-dealkylation sites (N-methyl/N-ethyl adjacent to an activating group) is 1. The summed E-state index contributed by atoms with van der Waals surface area (Å²) in [6.45, 7) is 6.42. The zero-order valence-corrected chi connectivity index (χ0v) is 14.0. The maximum atomic E-state index is 10.4. The van der Waals surface area contributed by atoms with Crippen LogP contribution in [0.3, 0.4) is 0 Å². The first-order chi connectivity index (χ1) is 9.61. The Kier molecular flexibility index (Phi) is 6.02. The van der Waals surface area contributed by atoms with E-state index in [9.17, 15) is 5.11 Å². The van der Waals surface area contributed by atoms with Crippen LogP contribution in [-0.2, 0) is 0 Å². The number of piperidine rings is 1. The number of nitrogens with zero attached hydrogens (tertiary/aromatic N) is 2. The van der Waals surface area contributed by atoms with Gasteiger partial charge in [0.2, 0.25) is 0 Å². The van der Waals surface area contributed by atoms with E-state index in [4.69, 9.17) is 0 Å². The monoisotopic (exact) mass is 340 g/mol. The van der Waals surface area contributed by atoms with Gasteiger partial charge >= 0.3 is 0 Å². The second-order valence-electron chi connectivity index (χ2n) is 5.64. The van der Waals surface area contributed by atoms with Crippen molar-refractivity contribution >= 4 is 15.9 Å². The van der Waals surface area contributed by atoms with Crippen molar-refractivity contribution in [3.63, 3.8) is 0 Å². The average molecular weight is 341 g/mol. The molecule has 4 heteroatoms. The summed E-state index contributed by atoms with van der Waals surface area (Å²) in [7, 11) is 2.13. The summed E-state index contributed by atoms with van der Waals surface area (Å²) >= 11 is 3.51. The Labute approximate surface area is 130 Å². The molecule has 0 aliphatic carbocycles. The molecular formula is C16H25BrN2O. The molecule has 112 valence electrons. The van der Waals surface area contributed by atoms with Crippen molar-refractivity contribution < 1.29 is 5.11 Å². The zero-order chi connectivity index (χ0) is 14.5. The van der Waals surface area contributed by atoms with E-state index in [1.54, 1.807) is 0 Å². The van der Waals surface area contributed by atoms with Crippen molar-refractivity contribution in [3.05, 3.63) is 34.3 Å². The highest BCUT2D eigenvalue weighted by atomic mass is 79.9. The molecule has 0 amide bonds. The smallest absolute Gasteiger partial charge is 0.0927 e. The lowest BCUT2D eigenvalue weighted by atomic mass is 10.0. The molecule has 1 aliphatic heterocycles. The number of aliphatic hydroxyl groups is 1. The molecule has 1 aromatic carbocycles. The predicted molar refractivity (Wildman–Crippen MR) is 86.9 cm³/mol. The molecular weight excluding hydrogens is 316 g/mol. The van der Waals surface area contributed by atoms with Gasteiger partial charge in [0, 0.05) is 17.1 Å². The van der Waals surface area contributed by atoms with Crippen LogP contribution >= 0.6 is 15.9 Å². The third kappa shape index (κ3) is 4.04. The van der Waals surface area contributed by atoms with Crippen LogP contribution in [0.1, 0.15) is 31.4 Å². The molecule has 2 rings (SSSR count). The van der Waals surface area contributed by atoms with Gasteiger partial charge in [-0.2, -0.15) is 0 Å². The number of rotatable bonds is 5. The molecule has 1 heterocycles. The van der Waals surface area contributed by atoms with Crippen molar-refractivity contribution in [1.29, 1.82) is 0 Å². The number of hydrogen-bond donors (Lipinski definition) is 1. The van der Waals surface area contributed by atoms with E-state index in [-0.39, 0.29) is 0 Å². The average Bonchev–Trinajstić information content (AvgIpc) is 2.47. The number of hydrogen-bond acceptors (Lipinski definition) is 3. The highest BCUT2D eigenvalue weighted by Crippen LogP contribution is 2.25. The van der Waals surface area contributed by atoms with Gasteiger partial charge in [0.15, 0.2) is 0 Å². The van der Waals surface area contributed by atoms with Crippen molar-refractivity contribution in [3.8, 4) is 0 Å². The van der Waals surface area contributed by atoms with Crippen LogP contribution in [0.4, 0.5) is 0 Å². The van der Waals surface area contributed by atoms with Crippen molar-refractivity contribution in [1.82, 2.24) is 9.80 Å². The fraction of sp³-hybridized carbons (Fsp3) is 0.625. The second-order valence-corrected chi connectivity index (χ2v) is 6.50. The molecule has 0 bridgehead atoms. The van der Waals surface area contributed by atoms with Gasteiger partial charge in [-0.05, 0) is 51.2 Å². The summed E-state index contributed by atoms with van der Waals surface area (Å²) in [4.78, 5) is 4.81. The summed E-state index contributed by atoms with van der Waals surface area (Å²) in [6, 6.07) is 8.52. The molecule has 1 aliphatic rings. The van der Waals surface area contributed by atoms with Gasteiger partial charge in [-0.25, -0.2) is 0 Å². The lowest BCUT2D eigenvalue weighted by Crippen LogP contribution is -2.44. The fourth-order valence-corrected chi connectivity index (χ4v) is 3.49. The minimum atomic E-state index is -0.431. The largest absolute Gasteiger partial charge is 0.387 e. The standard InChI is InChI=1S/C16H25BrN2O/c1-3-19-10-8-13(9-11-19)18(2)12-16(20)14-6-4-5-7-15(14)17/h4-7,13,16,20H,3,8-12H2,1-2H3/t16-/m0/s1. The van der Waals surface area contributed by atoms with Crippen LogP contribution in [0.15, 0.2) is 28.7 Å². The van der Waals surface area contributed by atoms with Gasteiger partial charge in [-0.15, -0.1) is 0 Å². The highest BCUT2D eigenvalue weighted by Gasteiger charge is 2.23. The Balaban J connectivity index is 1.88. The molecule has 20 heavy (non-hydrogen) atoms. The van der Waals surface area contributed by atoms with Crippen LogP contribution < -0.4 is 0 Å². The SMILES string of the molecule is CCN1CCC(N(C)C[C@H](O)c2ccccc2Br)CC1. The van der Waals surface area contributed by atoms with E-state index in [0.717, 1.165) is 16.6 Å². The lowest BCUT2D eigenvalue weighted by molar-refractivity contribution is 0.0745. The quantitative estimate of drug-likeness (QED) is 0.892. The molecule has 0 saturated carbocycles. The van der Waals surface area contributed by atoms with E-state index in [0.29, 0.717) is 12.6 Å². The first-order valence-corrected chi connectivity index (χ1v) is 8.26.